The smallest absolute Gasteiger partial charge is 0.207 e. The predicted octanol–water partition coefficient (Wildman–Crippen LogP) is 3.16. The lowest BCUT2D eigenvalue weighted by Crippen LogP contribution is -2.11. The molecule has 0 unspecified atom stereocenters. The lowest BCUT2D eigenvalue weighted by atomic mass is 10.1. The van der Waals surface area contributed by atoms with E-state index in [1.54, 1.807) is 0 Å². The van der Waals surface area contributed by atoms with Crippen LogP contribution in [0.4, 0.5) is 13.2 Å². The molecule has 9 heteroatoms. The van der Waals surface area contributed by atoms with Gasteiger partial charge in [0.1, 0.15) is 11.0 Å². The van der Waals surface area contributed by atoms with Gasteiger partial charge in [-0.2, -0.15) is 18.4 Å². The molecule has 1 rings (SSSR count). The maximum atomic E-state index is 12.6. The average molecular weight is 304 g/mol. The summed E-state index contributed by atoms with van der Waals surface area (Å²) in [4.78, 5) is -0.918. The van der Waals surface area contributed by atoms with E-state index in [2.05, 4.69) is 0 Å². The monoisotopic (exact) mass is 303 g/mol. The summed E-state index contributed by atoms with van der Waals surface area (Å²) in [6, 6.07) is 2.62. The Bertz CT molecular complexity index is 604. The van der Waals surface area contributed by atoms with E-state index in [0.717, 1.165) is 18.2 Å². The lowest BCUT2D eigenvalue weighted by molar-refractivity contribution is -0.137. The van der Waals surface area contributed by atoms with Gasteiger partial charge in [0.05, 0.1) is 16.1 Å². The van der Waals surface area contributed by atoms with Crippen LogP contribution < -0.4 is 0 Å². The molecular formula is C8H2Cl2F3NO2S. The van der Waals surface area contributed by atoms with Crippen molar-refractivity contribution in [2.75, 3.05) is 0 Å². The Kier molecular flexibility index (Phi) is 3.62. The molecule has 0 N–H and O–H groups in total. The lowest BCUT2D eigenvalue weighted by Gasteiger charge is -2.12. The third-order valence-electron chi connectivity index (χ3n) is 1.77. The Morgan fingerprint density at radius 3 is 2.18 bits per heavy atom. The van der Waals surface area contributed by atoms with Crippen LogP contribution in [0.25, 0.3) is 0 Å². The van der Waals surface area contributed by atoms with Gasteiger partial charge in [-0.05, 0) is 12.1 Å². The summed E-state index contributed by atoms with van der Waals surface area (Å²) in [5, 5.41) is 7.85. The molecule has 0 fully saturated rings. The molecule has 3 nitrogen and oxygen atoms in total. The Morgan fingerprint density at radius 2 is 1.82 bits per heavy atom. The molecule has 92 valence electrons. The highest BCUT2D eigenvalue weighted by molar-refractivity contribution is 8.13. The number of alkyl halides is 3. The first kappa shape index (κ1) is 14.1. The Morgan fingerprint density at radius 1 is 1.29 bits per heavy atom. The van der Waals surface area contributed by atoms with Crippen LogP contribution in [0.1, 0.15) is 11.1 Å². The second-order valence-corrected chi connectivity index (χ2v) is 5.78. The Labute approximate surface area is 104 Å². The van der Waals surface area contributed by atoms with Crippen LogP contribution in [0.2, 0.25) is 5.02 Å². The Balaban J connectivity index is 3.80. The number of rotatable bonds is 1. The fourth-order valence-corrected chi connectivity index (χ4v) is 2.42. The molecule has 0 aromatic heterocycles. The van der Waals surface area contributed by atoms with Crippen LogP contribution in [-0.2, 0) is 15.2 Å². The van der Waals surface area contributed by atoms with Gasteiger partial charge in [-0.15, -0.1) is 0 Å². The van der Waals surface area contributed by atoms with E-state index in [1.165, 1.54) is 0 Å². The van der Waals surface area contributed by atoms with Crippen LogP contribution in [0, 0.1) is 11.3 Å². The van der Waals surface area contributed by atoms with Crippen LogP contribution in [-0.4, -0.2) is 8.42 Å². The highest BCUT2D eigenvalue weighted by Crippen LogP contribution is 2.39. The largest absolute Gasteiger partial charge is 0.419 e. The van der Waals surface area contributed by atoms with Gasteiger partial charge in [-0.1, -0.05) is 11.6 Å². The molecule has 0 amide bonds. The third-order valence-corrected chi connectivity index (χ3v) is 3.45. The maximum Gasteiger partial charge on any atom is 0.419 e. The van der Waals surface area contributed by atoms with Gasteiger partial charge in [0.15, 0.2) is 0 Å². The van der Waals surface area contributed by atoms with Gasteiger partial charge in [-0.3, -0.25) is 0 Å². The number of hydrogen-bond donors (Lipinski definition) is 0. The minimum Gasteiger partial charge on any atom is -0.207 e. The fraction of sp³-hybridized carbons (Fsp3) is 0.125. The van der Waals surface area contributed by atoms with Crippen molar-refractivity contribution in [1.82, 2.24) is 0 Å². The summed E-state index contributed by atoms with van der Waals surface area (Å²) in [6.45, 7) is 0. The summed E-state index contributed by atoms with van der Waals surface area (Å²) in [5.41, 5.74) is -2.62. The van der Waals surface area contributed by atoms with Crippen LogP contribution in [0.15, 0.2) is 17.0 Å². The summed E-state index contributed by atoms with van der Waals surface area (Å²) in [5.74, 6) is 0. The van der Waals surface area contributed by atoms with Crippen molar-refractivity contribution in [3.63, 3.8) is 0 Å². The Hall–Kier alpha value is -0.970. The molecule has 0 bridgehead atoms. The van der Waals surface area contributed by atoms with Crippen LogP contribution in [0.5, 0.6) is 0 Å². The fourth-order valence-electron chi connectivity index (χ4n) is 1.15. The number of hydrogen-bond acceptors (Lipinski definition) is 3. The van der Waals surface area contributed by atoms with Gasteiger partial charge >= 0.3 is 6.18 Å². The van der Waals surface area contributed by atoms with E-state index in [9.17, 15) is 21.6 Å². The molecular weight excluding hydrogens is 302 g/mol. The topological polar surface area (TPSA) is 57.9 Å². The number of benzene rings is 1. The quantitative estimate of drug-likeness (QED) is 0.749. The van der Waals surface area contributed by atoms with Crippen LogP contribution in [0.3, 0.4) is 0 Å². The van der Waals surface area contributed by atoms with E-state index in [-0.39, 0.29) is 0 Å². The van der Waals surface area contributed by atoms with Gasteiger partial charge in [0.25, 0.3) is 9.05 Å². The predicted molar refractivity (Wildman–Crippen MR) is 54.2 cm³/mol. The first-order valence-corrected chi connectivity index (χ1v) is 6.52. The molecule has 0 heterocycles. The van der Waals surface area contributed by atoms with Gasteiger partial charge < -0.3 is 0 Å². The third kappa shape index (κ3) is 2.83. The highest BCUT2D eigenvalue weighted by atomic mass is 35.7. The standard InChI is InChI=1S/C8H2Cl2F3NO2S/c9-5-1-2-6(17(10,15)16)4(3-14)7(5)8(11,12)13/h1-2H. The number of nitriles is 1. The first-order valence-electron chi connectivity index (χ1n) is 3.83. The molecule has 1 aromatic rings. The van der Waals surface area contributed by atoms with Gasteiger partial charge in [0.2, 0.25) is 0 Å². The minimum absolute atomic E-state index is 0.723. The van der Waals surface area contributed by atoms with E-state index < -0.39 is 36.3 Å². The molecule has 0 aliphatic rings. The molecule has 17 heavy (non-hydrogen) atoms. The average Bonchev–Trinajstić information content (AvgIpc) is 2.12. The normalized spacial score (nSPS) is 12.2. The van der Waals surface area contributed by atoms with Crippen molar-refractivity contribution >= 4 is 31.3 Å². The van der Waals surface area contributed by atoms with Gasteiger partial charge in [-0.25, -0.2) is 8.42 Å². The second-order valence-electron chi connectivity index (χ2n) is 2.84. The zero-order chi connectivity index (χ0) is 13.4. The summed E-state index contributed by atoms with van der Waals surface area (Å²) in [6.07, 6.45) is -4.94. The SMILES string of the molecule is N#Cc1c(S(=O)(=O)Cl)ccc(Cl)c1C(F)(F)F. The summed E-state index contributed by atoms with van der Waals surface area (Å²) >= 11 is 5.31. The zero-order valence-electron chi connectivity index (χ0n) is 7.72. The molecule has 0 saturated carbocycles. The first-order chi connectivity index (χ1) is 7.59. The molecule has 0 aliphatic carbocycles. The minimum atomic E-state index is -4.94. The van der Waals surface area contributed by atoms with Gasteiger partial charge in [0, 0.05) is 10.7 Å². The molecule has 0 atom stereocenters. The van der Waals surface area contributed by atoms with Crippen molar-refractivity contribution in [1.29, 1.82) is 5.26 Å². The summed E-state index contributed by atoms with van der Waals surface area (Å²) < 4.78 is 59.8. The van der Waals surface area contributed by atoms with E-state index in [4.69, 9.17) is 27.5 Å². The highest BCUT2D eigenvalue weighted by Gasteiger charge is 2.38. The van der Waals surface area contributed by atoms with E-state index >= 15 is 0 Å². The maximum absolute atomic E-state index is 12.6. The van der Waals surface area contributed by atoms with Crippen molar-refractivity contribution in [3.8, 4) is 6.07 Å². The molecule has 1 aromatic carbocycles. The molecule has 0 radical (unpaired) electrons. The van der Waals surface area contributed by atoms with E-state index in [1.807, 2.05) is 0 Å². The van der Waals surface area contributed by atoms with Crippen molar-refractivity contribution in [2.45, 2.75) is 11.1 Å². The molecule has 0 spiro atoms. The summed E-state index contributed by atoms with van der Waals surface area (Å²) in [7, 11) is 0.474. The van der Waals surface area contributed by atoms with E-state index in [0.29, 0.717) is 0 Å². The second kappa shape index (κ2) is 4.37. The van der Waals surface area contributed by atoms with Crippen LogP contribution >= 0.6 is 22.3 Å². The zero-order valence-corrected chi connectivity index (χ0v) is 10.0. The van der Waals surface area contributed by atoms with Crippen molar-refractivity contribution in [3.05, 3.63) is 28.3 Å². The molecule has 0 aliphatic heterocycles. The molecule has 0 saturated heterocycles. The van der Waals surface area contributed by atoms with Crippen molar-refractivity contribution in [2.24, 2.45) is 0 Å². The number of nitrogens with zero attached hydrogens (tertiary/aromatic N) is 1. The number of halogens is 5. The van der Waals surface area contributed by atoms with Crippen molar-refractivity contribution < 1.29 is 21.6 Å².